The number of nitrogens with zero attached hydrogens (tertiary/aromatic N) is 3. The van der Waals surface area contributed by atoms with Crippen LogP contribution < -0.4 is 5.43 Å². The number of hydrazone groups is 1. The molecule has 0 radical (unpaired) electrons. The fourth-order valence-corrected chi connectivity index (χ4v) is 2.08. The van der Waals surface area contributed by atoms with Gasteiger partial charge in [0.1, 0.15) is 6.33 Å². The van der Waals surface area contributed by atoms with Gasteiger partial charge in [-0.2, -0.15) is 5.10 Å². The number of fused-ring (bicyclic) bond motifs is 1. The van der Waals surface area contributed by atoms with Crippen molar-refractivity contribution in [1.29, 1.82) is 0 Å². The first-order valence-corrected chi connectivity index (χ1v) is 6.86. The summed E-state index contributed by atoms with van der Waals surface area (Å²) >= 11 is 3.40. The smallest absolute Gasteiger partial charge is 0.157 e. The SMILES string of the molecule is Brc1ccc(/C=N\Nc2ncnc3ccccc23)cc1. The minimum Gasteiger partial charge on any atom is -0.261 e. The van der Waals surface area contributed by atoms with Crippen molar-refractivity contribution in [3.8, 4) is 0 Å². The van der Waals surface area contributed by atoms with E-state index in [1.165, 1.54) is 6.33 Å². The van der Waals surface area contributed by atoms with E-state index in [-0.39, 0.29) is 0 Å². The zero-order chi connectivity index (χ0) is 13.8. The molecular weight excluding hydrogens is 316 g/mol. The molecule has 0 atom stereocenters. The van der Waals surface area contributed by atoms with Crippen LogP contribution in [0.15, 0.2) is 64.4 Å². The van der Waals surface area contributed by atoms with Gasteiger partial charge in [0.25, 0.3) is 0 Å². The van der Waals surface area contributed by atoms with Crippen LogP contribution in [0, 0.1) is 0 Å². The molecule has 3 aromatic rings. The Labute approximate surface area is 124 Å². The average molecular weight is 327 g/mol. The first-order chi connectivity index (χ1) is 9.83. The van der Waals surface area contributed by atoms with E-state index in [2.05, 4.69) is 36.4 Å². The number of halogens is 1. The van der Waals surface area contributed by atoms with Crippen LogP contribution in [-0.4, -0.2) is 16.2 Å². The molecule has 1 N–H and O–H groups in total. The lowest BCUT2D eigenvalue weighted by atomic mass is 10.2. The maximum absolute atomic E-state index is 4.21. The summed E-state index contributed by atoms with van der Waals surface area (Å²) in [6.45, 7) is 0. The summed E-state index contributed by atoms with van der Waals surface area (Å²) in [7, 11) is 0. The molecule has 0 aliphatic carbocycles. The average Bonchev–Trinajstić information content (AvgIpc) is 2.49. The minimum absolute atomic E-state index is 0.698. The first kappa shape index (κ1) is 12.7. The third kappa shape index (κ3) is 2.83. The Bertz CT molecular complexity index is 748. The molecule has 1 aromatic heterocycles. The maximum atomic E-state index is 4.21. The van der Waals surface area contributed by atoms with Gasteiger partial charge in [-0.25, -0.2) is 9.97 Å². The molecule has 0 fully saturated rings. The van der Waals surface area contributed by atoms with Crippen molar-refractivity contribution < 1.29 is 0 Å². The predicted octanol–water partition coefficient (Wildman–Crippen LogP) is 3.84. The lowest BCUT2D eigenvalue weighted by molar-refractivity contribution is 1.18. The van der Waals surface area contributed by atoms with Crippen LogP contribution in [0.4, 0.5) is 5.82 Å². The molecule has 5 heteroatoms. The molecule has 20 heavy (non-hydrogen) atoms. The standard InChI is InChI=1S/C15H11BrN4/c16-12-7-5-11(6-8-12)9-19-20-15-13-3-1-2-4-14(13)17-10-18-15/h1-10H,(H,17,18,20)/b19-9-. The summed E-state index contributed by atoms with van der Waals surface area (Å²) in [4.78, 5) is 8.42. The predicted molar refractivity (Wildman–Crippen MR) is 84.9 cm³/mol. The van der Waals surface area contributed by atoms with Crippen molar-refractivity contribution >= 4 is 38.9 Å². The second-order valence-corrected chi connectivity index (χ2v) is 5.08. The van der Waals surface area contributed by atoms with Gasteiger partial charge < -0.3 is 0 Å². The largest absolute Gasteiger partial charge is 0.261 e. The van der Waals surface area contributed by atoms with Crippen LogP contribution in [0.25, 0.3) is 10.9 Å². The topological polar surface area (TPSA) is 50.2 Å². The summed E-state index contributed by atoms with van der Waals surface area (Å²) in [6.07, 6.45) is 3.28. The van der Waals surface area contributed by atoms with Crippen molar-refractivity contribution in [3.05, 3.63) is 64.9 Å². The Balaban J connectivity index is 1.81. The molecule has 0 amide bonds. The number of nitrogens with one attached hydrogen (secondary N) is 1. The molecule has 1 heterocycles. The van der Waals surface area contributed by atoms with Crippen molar-refractivity contribution in [2.75, 3.05) is 5.43 Å². The van der Waals surface area contributed by atoms with Gasteiger partial charge in [-0.1, -0.05) is 40.2 Å². The zero-order valence-corrected chi connectivity index (χ0v) is 12.1. The quantitative estimate of drug-likeness (QED) is 0.587. The van der Waals surface area contributed by atoms with Gasteiger partial charge in [0.2, 0.25) is 0 Å². The fourth-order valence-electron chi connectivity index (χ4n) is 1.81. The Morgan fingerprint density at radius 2 is 1.80 bits per heavy atom. The minimum atomic E-state index is 0.698. The zero-order valence-electron chi connectivity index (χ0n) is 10.5. The van der Waals surface area contributed by atoms with E-state index in [1.54, 1.807) is 6.21 Å². The number of anilines is 1. The van der Waals surface area contributed by atoms with Crippen LogP contribution in [0.5, 0.6) is 0 Å². The van der Waals surface area contributed by atoms with Gasteiger partial charge in [0.15, 0.2) is 5.82 Å². The van der Waals surface area contributed by atoms with Crippen molar-refractivity contribution in [2.24, 2.45) is 5.10 Å². The molecule has 2 aromatic carbocycles. The monoisotopic (exact) mass is 326 g/mol. The van der Waals surface area contributed by atoms with Crippen LogP contribution in [0.1, 0.15) is 5.56 Å². The van der Waals surface area contributed by atoms with E-state index in [9.17, 15) is 0 Å². The Kier molecular flexibility index (Phi) is 3.69. The summed E-state index contributed by atoms with van der Waals surface area (Å²) in [5, 5.41) is 5.16. The molecule has 0 unspecified atom stereocenters. The number of para-hydroxylation sites is 1. The van der Waals surface area contributed by atoms with E-state index >= 15 is 0 Å². The Morgan fingerprint density at radius 1 is 1.00 bits per heavy atom. The first-order valence-electron chi connectivity index (χ1n) is 6.07. The van der Waals surface area contributed by atoms with Crippen LogP contribution >= 0.6 is 15.9 Å². The molecule has 0 aliphatic rings. The van der Waals surface area contributed by atoms with Gasteiger partial charge in [-0.3, -0.25) is 5.43 Å². The molecule has 0 bridgehead atoms. The highest BCUT2D eigenvalue weighted by Gasteiger charge is 2.00. The third-order valence-corrected chi connectivity index (χ3v) is 3.33. The molecule has 4 nitrogen and oxygen atoms in total. The van der Waals surface area contributed by atoms with E-state index < -0.39 is 0 Å². The summed E-state index contributed by atoms with van der Waals surface area (Å²) < 4.78 is 1.05. The molecule has 3 rings (SSSR count). The normalized spacial score (nSPS) is 11.1. The van der Waals surface area contributed by atoms with Crippen molar-refractivity contribution in [1.82, 2.24) is 9.97 Å². The summed E-state index contributed by atoms with van der Waals surface area (Å²) in [6, 6.07) is 15.7. The lowest BCUT2D eigenvalue weighted by Crippen LogP contribution is -1.95. The maximum Gasteiger partial charge on any atom is 0.157 e. The Hall–Kier alpha value is -2.27. The van der Waals surface area contributed by atoms with Crippen molar-refractivity contribution in [3.63, 3.8) is 0 Å². The highest BCUT2D eigenvalue weighted by molar-refractivity contribution is 9.10. The van der Waals surface area contributed by atoms with Gasteiger partial charge in [-0.05, 0) is 29.8 Å². The fraction of sp³-hybridized carbons (Fsp3) is 0. The summed E-state index contributed by atoms with van der Waals surface area (Å²) in [5.41, 5.74) is 4.86. The molecule has 0 aliphatic heterocycles. The number of rotatable bonds is 3. The second kappa shape index (κ2) is 5.79. The highest BCUT2D eigenvalue weighted by Crippen LogP contribution is 2.18. The van der Waals surface area contributed by atoms with E-state index in [1.807, 2.05) is 48.5 Å². The van der Waals surface area contributed by atoms with Crippen molar-refractivity contribution in [2.45, 2.75) is 0 Å². The number of aromatic nitrogens is 2. The highest BCUT2D eigenvalue weighted by atomic mass is 79.9. The van der Waals surface area contributed by atoms with E-state index in [4.69, 9.17) is 0 Å². The van der Waals surface area contributed by atoms with E-state index in [0.29, 0.717) is 5.82 Å². The van der Waals surface area contributed by atoms with Gasteiger partial charge >= 0.3 is 0 Å². The van der Waals surface area contributed by atoms with E-state index in [0.717, 1.165) is 20.9 Å². The van der Waals surface area contributed by atoms with Crippen LogP contribution in [0.2, 0.25) is 0 Å². The summed E-state index contributed by atoms with van der Waals surface area (Å²) in [5.74, 6) is 0.698. The molecule has 0 spiro atoms. The third-order valence-electron chi connectivity index (χ3n) is 2.80. The molecule has 98 valence electrons. The number of hydrogen-bond donors (Lipinski definition) is 1. The molecular formula is C15H11BrN4. The lowest BCUT2D eigenvalue weighted by Gasteiger charge is -2.03. The van der Waals surface area contributed by atoms with Gasteiger partial charge in [0, 0.05) is 9.86 Å². The molecule has 0 saturated heterocycles. The number of benzene rings is 2. The Morgan fingerprint density at radius 3 is 2.65 bits per heavy atom. The second-order valence-electron chi connectivity index (χ2n) is 4.16. The van der Waals surface area contributed by atoms with Crippen LogP contribution in [-0.2, 0) is 0 Å². The van der Waals surface area contributed by atoms with Crippen LogP contribution in [0.3, 0.4) is 0 Å². The van der Waals surface area contributed by atoms with Gasteiger partial charge in [0.05, 0.1) is 11.7 Å². The van der Waals surface area contributed by atoms with Gasteiger partial charge in [-0.15, -0.1) is 0 Å². The number of hydrogen-bond acceptors (Lipinski definition) is 4. The molecule has 0 saturated carbocycles.